The summed E-state index contributed by atoms with van der Waals surface area (Å²) in [6, 6.07) is 3.84. The first kappa shape index (κ1) is 15.0. The molecule has 0 saturated carbocycles. The van der Waals surface area contributed by atoms with Gasteiger partial charge in [0.1, 0.15) is 6.54 Å². The van der Waals surface area contributed by atoms with Gasteiger partial charge in [0.25, 0.3) is 0 Å². The number of halogens is 3. The Hall–Kier alpha value is -2.09. The van der Waals surface area contributed by atoms with Gasteiger partial charge in [0, 0.05) is 5.69 Å². The minimum absolute atomic E-state index is 0.160. The molecule has 0 spiro atoms. The van der Waals surface area contributed by atoms with Gasteiger partial charge in [0.05, 0.1) is 12.1 Å². The van der Waals surface area contributed by atoms with E-state index in [1.807, 2.05) is 0 Å². The summed E-state index contributed by atoms with van der Waals surface area (Å²) < 4.78 is 37.6. The van der Waals surface area contributed by atoms with Gasteiger partial charge in [0.2, 0.25) is 5.91 Å². The number of amides is 1. The Morgan fingerprint density at radius 3 is 2.42 bits per heavy atom. The number of alkyl halides is 3. The van der Waals surface area contributed by atoms with Gasteiger partial charge in [-0.2, -0.15) is 13.2 Å². The summed E-state index contributed by atoms with van der Waals surface area (Å²) in [5.41, 5.74) is 3.98. The van der Waals surface area contributed by atoms with Crippen LogP contribution in [0.5, 0.6) is 0 Å². The van der Waals surface area contributed by atoms with Gasteiger partial charge >= 0.3 is 12.1 Å². The number of carbonyl (C=O) groups excluding carboxylic acids is 1. The molecule has 0 radical (unpaired) electrons. The van der Waals surface area contributed by atoms with Crippen LogP contribution in [0.15, 0.2) is 24.3 Å². The Balaban J connectivity index is 3.16. The van der Waals surface area contributed by atoms with E-state index in [0.29, 0.717) is 11.0 Å². The smallest absolute Gasteiger partial charge is 0.416 e. The minimum Gasteiger partial charge on any atom is -0.480 e. The van der Waals surface area contributed by atoms with Crippen LogP contribution in [0, 0.1) is 0 Å². The molecular formula is C11H11F3N2O3. The van der Waals surface area contributed by atoms with E-state index in [0.717, 1.165) is 12.1 Å². The van der Waals surface area contributed by atoms with E-state index in [1.54, 1.807) is 0 Å². The van der Waals surface area contributed by atoms with Crippen molar-refractivity contribution in [3.8, 4) is 0 Å². The normalized spacial score (nSPS) is 11.2. The van der Waals surface area contributed by atoms with Crippen LogP contribution < -0.4 is 10.6 Å². The molecule has 3 N–H and O–H groups in total. The van der Waals surface area contributed by atoms with Crippen LogP contribution >= 0.6 is 0 Å². The quantitative estimate of drug-likeness (QED) is 0.862. The van der Waals surface area contributed by atoms with Crippen LogP contribution in [-0.2, 0) is 15.8 Å². The number of hydrogen-bond acceptors (Lipinski definition) is 3. The molecule has 0 unspecified atom stereocenters. The highest BCUT2D eigenvalue weighted by Crippen LogP contribution is 2.31. The van der Waals surface area contributed by atoms with Crippen molar-refractivity contribution >= 4 is 17.6 Å². The van der Waals surface area contributed by atoms with Crippen molar-refractivity contribution in [2.45, 2.75) is 6.18 Å². The lowest BCUT2D eigenvalue weighted by atomic mass is 10.1. The molecule has 0 heterocycles. The van der Waals surface area contributed by atoms with Gasteiger partial charge in [-0.05, 0) is 18.2 Å². The summed E-state index contributed by atoms with van der Waals surface area (Å²) in [5.74, 6) is -2.12. The van der Waals surface area contributed by atoms with Crippen molar-refractivity contribution in [2.75, 3.05) is 18.0 Å². The highest BCUT2D eigenvalue weighted by Gasteiger charge is 2.31. The van der Waals surface area contributed by atoms with Crippen LogP contribution in [0.4, 0.5) is 18.9 Å². The Bertz CT molecular complexity index is 488. The fourth-order valence-corrected chi connectivity index (χ4v) is 1.42. The number of hydrogen-bond donors (Lipinski definition) is 2. The maximum atomic E-state index is 12.5. The molecule has 1 rings (SSSR count). The molecule has 0 aromatic heterocycles. The fourth-order valence-electron chi connectivity index (χ4n) is 1.42. The van der Waals surface area contributed by atoms with Crippen LogP contribution in [0.2, 0.25) is 0 Å². The van der Waals surface area contributed by atoms with Crippen molar-refractivity contribution < 1.29 is 27.9 Å². The molecular weight excluding hydrogens is 265 g/mol. The molecule has 8 heteroatoms. The van der Waals surface area contributed by atoms with Crippen molar-refractivity contribution in [1.29, 1.82) is 0 Å². The number of nitrogens with zero attached hydrogens (tertiary/aromatic N) is 1. The van der Waals surface area contributed by atoms with Gasteiger partial charge in [0.15, 0.2) is 0 Å². The summed E-state index contributed by atoms with van der Waals surface area (Å²) in [7, 11) is 0. The average molecular weight is 276 g/mol. The molecule has 0 aliphatic heterocycles. The molecule has 0 bridgehead atoms. The maximum Gasteiger partial charge on any atom is 0.416 e. The second kappa shape index (κ2) is 5.70. The molecule has 0 aliphatic carbocycles. The third kappa shape index (κ3) is 3.95. The van der Waals surface area contributed by atoms with Crippen LogP contribution in [-0.4, -0.2) is 30.1 Å². The summed E-state index contributed by atoms with van der Waals surface area (Å²) >= 11 is 0. The van der Waals surface area contributed by atoms with Crippen molar-refractivity contribution in [3.05, 3.63) is 29.8 Å². The summed E-state index contributed by atoms with van der Waals surface area (Å²) in [6.45, 7) is -1.25. The lowest BCUT2D eigenvalue weighted by molar-refractivity contribution is -0.137. The van der Waals surface area contributed by atoms with E-state index in [2.05, 4.69) is 0 Å². The Kier molecular flexibility index (Phi) is 4.49. The topological polar surface area (TPSA) is 83.6 Å². The van der Waals surface area contributed by atoms with Crippen LogP contribution in [0.3, 0.4) is 0 Å². The van der Waals surface area contributed by atoms with E-state index in [9.17, 15) is 22.8 Å². The molecule has 0 atom stereocenters. The van der Waals surface area contributed by atoms with Crippen molar-refractivity contribution in [3.63, 3.8) is 0 Å². The lowest BCUT2D eigenvalue weighted by Crippen LogP contribution is -2.39. The van der Waals surface area contributed by atoms with E-state index in [-0.39, 0.29) is 5.69 Å². The van der Waals surface area contributed by atoms with Gasteiger partial charge in [-0.25, -0.2) is 0 Å². The Labute approximate surface area is 106 Å². The van der Waals surface area contributed by atoms with E-state index < -0.39 is 36.7 Å². The molecule has 1 aromatic carbocycles. The van der Waals surface area contributed by atoms with Crippen molar-refractivity contribution in [1.82, 2.24) is 0 Å². The summed E-state index contributed by atoms with van der Waals surface area (Å²) in [5, 5.41) is 8.66. The zero-order chi connectivity index (χ0) is 14.6. The predicted molar refractivity (Wildman–Crippen MR) is 60.5 cm³/mol. The second-order valence-corrected chi connectivity index (χ2v) is 3.63. The third-order valence-electron chi connectivity index (χ3n) is 2.25. The molecule has 19 heavy (non-hydrogen) atoms. The van der Waals surface area contributed by atoms with Gasteiger partial charge in [-0.15, -0.1) is 0 Å². The molecule has 1 aromatic rings. The first-order chi connectivity index (χ1) is 8.75. The van der Waals surface area contributed by atoms with Crippen LogP contribution in [0.25, 0.3) is 0 Å². The number of aliphatic carboxylic acids is 1. The zero-order valence-electron chi connectivity index (χ0n) is 9.65. The second-order valence-electron chi connectivity index (χ2n) is 3.63. The molecule has 0 fully saturated rings. The SMILES string of the molecule is NCC(=O)N(CC(=O)O)c1cccc(C(F)(F)F)c1. The van der Waals surface area contributed by atoms with Gasteiger partial charge in [-0.1, -0.05) is 6.07 Å². The number of anilines is 1. The van der Waals surface area contributed by atoms with Crippen LogP contribution in [0.1, 0.15) is 5.56 Å². The molecule has 5 nitrogen and oxygen atoms in total. The molecule has 104 valence electrons. The number of benzene rings is 1. The minimum atomic E-state index is -4.57. The number of rotatable bonds is 4. The predicted octanol–water partition coefficient (Wildman–Crippen LogP) is 1.08. The van der Waals surface area contributed by atoms with Crippen molar-refractivity contribution in [2.24, 2.45) is 5.73 Å². The molecule has 0 saturated heterocycles. The zero-order valence-corrected chi connectivity index (χ0v) is 9.65. The number of carboxylic acid groups (broad SMARTS) is 1. The van der Waals surface area contributed by atoms with E-state index in [1.165, 1.54) is 6.07 Å². The largest absolute Gasteiger partial charge is 0.480 e. The lowest BCUT2D eigenvalue weighted by Gasteiger charge is -2.21. The van der Waals surface area contributed by atoms with E-state index >= 15 is 0 Å². The third-order valence-corrected chi connectivity index (χ3v) is 2.25. The fraction of sp³-hybridized carbons (Fsp3) is 0.273. The first-order valence-corrected chi connectivity index (χ1v) is 5.15. The van der Waals surface area contributed by atoms with Gasteiger partial charge < -0.3 is 15.7 Å². The molecule has 1 amide bonds. The Morgan fingerprint density at radius 2 is 1.95 bits per heavy atom. The highest BCUT2D eigenvalue weighted by atomic mass is 19.4. The monoisotopic (exact) mass is 276 g/mol. The maximum absolute atomic E-state index is 12.5. The highest BCUT2D eigenvalue weighted by molar-refractivity contribution is 5.98. The summed E-state index contributed by atoms with van der Waals surface area (Å²) in [4.78, 5) is 22.8. The Morgan fingerprint density at radius 1 is 1.32 bits per heavy atom. The molecule has 0 aliphatic rings. The van der Waals surface area contributed by atoms with E-state index in [4.69, 9.17) is 10.8 Å². The average Bonchev–Trinajstić information content (AvgIpc) is 2.34. The summed E-state index contributed by atoms with van der Waals surface area (Å²) in [6.07, 6.45) is -4.57. The van der Waals surface area contributed by atoms with Gasteiger partial charge in [-0.3, -0.25) is 9.59 Å². The standard InChI is InChI=1S/C11H11F3N2O3/c12-11(13,14)7-2-1-3-8(4-7)16(6-10(18)19)9(17)5-15/h1-4H,5-6,15H2,(H,18,19). The number of nitrogens with two attached hydrogens (primary N) is 1. The number of carbonyl (C=O) groups is 2. The first-order valence-electron chi connectivity index (χ1n) is 5.15. The number of carboxylic acids is 1.